The van der Waals surface area contributed by atoms with Gasteiger partial charge < -0.3 is 9.73 Å². The number of rotatable bonds is 4. The molecular formula is C20H16N4O. The van der Waals surface area contributed by atoms with Crippen molar-refractivity contribution in [2.75, 3.05) is 5.32 Å². The van der Waals surface area contributed by atoms with Gasteiger partial charge in [0.2, 0.25) is 5.95 Å². The van der Waals surface area contributed by atoms with E-state index in [1.165, 1.54) is 0 Å². The van der Waals surface area contributed by atoms with E-state index in [-0.39, 0.29) is 0 Å². The Bertz CT molecular complexity index is 982. The molecule has 4 aromatic rings. The maximum atomic E-state index is 5.48. The fourth-order valence-corrected chi connectivity index (χ4v) is 2.57. The highest BCUT2D eigenvalue weighted by Crippen LogP contribution is 2.27. The van der Waals surface area contributed by atoms with Gasteiger partial charge in [0.25, 0.3) is 0 Å². The fraction of sp³-hybridized carbons (Fsp3) is 0.0500. The van der Waals surface area contributed by atoms with Crippen LogP contribution >= 0.6 is 0 Å². The number of anilines is 2. The molecule has 0 radical (unpaired) electrons. The van der Waals surface area contributed by atoms with Crippen LogP contribution in [-0.2, 0) is 0 Å². The molecule has 5 heteroatoms. The Hall–Kier alpha value is -3.47. The van der Waals surface area contributed by atoms with E-state index < -0.39 is 0 Å². The summed E-state index contributed by atoms with van der Waals surface area (Å²) in [6.07, 6.45) is 6.94. The Kier molecular flexibility index (Phi) is 3.96. The van der Waals surface area contributed by atoms with E-state index in [0.717, 1.165) is 33.8 Å². The van der Waals surface area contributed by atoms with E-state index >= 15 is 0 Å². The van der Waals surface area contributed by atoms with E-state index in [2.05, 4.69) is 20.3 Å². The molecule has 25 heavy (non-hydrogen) atoms. The van der Waals surface area contributed by atoms with Gasteiger partial charge in [0.15, 0.2) is 0 Å². The molecule has 0 spiro atoms. The van der Waals surface area contributed by atoms with Crippen LogP contribution in [0.5, 0.6) is 0 Å². The molecule has 0 saturated carbocycles. The third kappa shape index (κ3) is 3.26. The van der Waals surface area contributed by atoms with Crippen molar-refractivity contribution in [3.63, 3.8) is 0 Å². The molecule has 4 rings (SSSR count). The van der Waals surface area contributed by atoms with Crippen LogP contribution in [0.15, 0.2) is 77.8 Å². The molecule has 0 atom stereocenters. The third-order valence-corrected chi connectivity index (χ3v) is 3.90. The Balaban J connectivity index is 1.65. The molecule has 0 aliphatic heterocycles. The molecule has 0 fully saturated rings. The first-order valence-corrected chi connectivity index (χ1v) is 7.94. The summed E-state index contributed by atoms with van der Waals surface area (Å²) >= 11 is 0. The van der Waals surface area contributed by atoms with Crippen molar-refractivity contribution in [2.24, 2.45) is 0 Å². The summed E-state index contributed by atoms with van der Waals surface area (Å²) in [4.78, 5) is 13.1. The number of hydrogen-bond donors (Lipinski definition) is 1. The van der Waals surface area contributed by atoms with Crippen LogP contribution in [0.3, 0.4) is 0 Å². The molecule has 0 saturated heterocycles. The van der Waals surface area contributed by atoms with Gasteiger partial charge >= 0.3 is 0 Å². The summed E-state index contributed by atoms with van der Waals surface area (Å²) in [6, 6.07) is 15.7. The zero-order chi connectivity index (χ0) is 17.1. The van der Waals surface area contributed by atoms with E-state index in [9.17, 15) is 0 Å². The number of aromatic nitrogens is 3. The lowest BCUT2D eigenvalue weighted by Gasteiger charge is -2.10. The Morgan fingerprint density at radius 1 is 0.960 bits per heavy atom. The lowest BCUT2D eigenvalue weighted by Crippen LogP contribution is -1.99. The summed E-state index contributed by atoms with van der Waals surface area (Å²) in [5.74, 6) is 1.37. The van der Waals surface area contributed by atoms with Gasteiger partial charge in [-0.2, -0.15) is 0 Å². The minimum atomic E-state index is 0.543. The fourth-order valence-electron chi connectivity index (χ4n) is 2.57. The third-order valence-electron chi connectivity index (χ3n) is 3.90. The van der Waals surface area contributed by atoms with E-state index in [0.29, 0.717) is 5.95 Å². The average molecular weight is 328 g/mol. The topological polar surface area (TPSA) is 63.8 Å². The minimum Gasteiger partial charge on any atom is -0.464 e. The quantitative estimate of drug-likeness (QED) is 0.580. The van der Waals surface area contributed by atoms with Crippen molar-refractivity contribution in [2.45, 2.75) is 6.92 Å². The van der Waals surface area contributed by atoms with Gasteiger partial charge in [-0.15, -0.1) is 0 Å². The summed E-state index contributed by atoms with van der Waals surface area (Å²) in [6.45, 7) is 2.04. The molecule has 3 heterocycles. The van der Waals surface area contributed by atoms with Crippen molar-refractivity contribution in [3.05, 3.63) is 78.9 Å². The second-order valence-corrected chi connectivity index (χ2v) is 5.64. The van der Waals surface area contributed by atoms with Crippen LogP contribution in [0.25, 0.3) is 22.6 Å². The first kappa shape index (κ1) is 15.1. The van der Waals surface area contributed by atoms with Crippen LogP contribution in [0.1, 0.15) is 5.56 Å². The number of nitrogens with zero attached hydrogens (tertiary/aromatic N) is 3. The average Bonchev–Trinajstić information content (AvgIpc) is 3.19. The number of nitrogens with one attached hydrogen (secondary N) is 1. The van der Waals surface area contributed by atoms with Crippen LogP contribution in [0.2, 0.25) is 0 Å². The molecule has 0 amide bonds. The van der Waals surface area contributed by atoms with Crippen molar-refractivity contribution in [1.82, 2.24) is 15.0 Å². The second-order valence-electron chi connectivity index (χ2n) is 5.64. The first-order chi connectivity index (χ1) is 12.3. The van der Waals surface area contributed by atoms with Crippen molar-refractivity contribution >= 4 is 11.6 Å². The second kappa shape index (κ2) is 6.57. The van der Waals surface area contributed by atoms with Crippen LogP contribution < -0.4 is 5.32 Å². The number of pyridine rings is 1. The van der Waals surface area contributed by atoms with E-state index in [1.807, 2.05) is 55.5 Å². The molecule has 0 bridgehead atoms. The number of hydrogen-bond acceptors (Lipinski definition) is 5. The molecule has 0 unspecified atom stereocenters. The molecular weight excluding hydrogens is 312 g/mol. The van der Waals surface area contributed by atoms with Crippen molar-refractivity contribution in [3.8, 4) is 22.6 Å². The molecule has 5 nitrogen and oxygen atoms in total. The lowest BCUT2D eigenvalue weighted by atomic mass is 10.1. The molecule has 1 aromatic carbocycles. The maximum absolute atomic E-state index is 5.48. The van der Waals surface area contributed by atoms with Gasteiger partial charge in [0, 0.05) is 35.4 Å². The van der Waals surface area contributed by atoms with Gasteiger partial charge in [-0.25, -0.2) is 9.97 Å². The van der Waals surface area contributed by atoms with Gasteiger partial charge in [0.05, 0.1) is 12.0 Å². The lowest BCUT2D eigenvalue weighted by molar-refractivity contribution is 0.582. The van der Waals surface area contributed by atoms with Gasteiger partial charge in [0.1, 0.15) is 5.76 Å². The maximum Gasteiger partial charge on any atom is 0.227 e. The van der Waals surface area contributed by atoms with Gasteiger partial charge in [-0.05, 0) is 48.9 Å². The van der Waals surface area contributed by atoms with Crippen molar-refractivity contribution in [1.29, 1.82) is 0 Å². The number of benzene rings is 1. The molecule has 122 valence electrons. The number of aryl methyl sites for hydroxylation is 1. The molecule has 3 aromatic heterocycles. The highest BCUT2D eigenvalue weighted by atomic mass is 16.3. The molecule has 0 aliphatic rings. The predicted molar refractivity (Wildman–Crippen MR) is 97.4 cm³/mol. The minimum absolute atomic E-state index is 0.543. The monoisotopic (exact) mass is 328 g/mol. The zero-order valence-electron chi connectivity index (χ0n) is 13.7. The van der Waals surface area contributed by atoms with Gasteiger partial charge in [-0.1, -0.05) is 12.1 Å². The predicted octanol–water partition coefficient (Wildman–Crippen LogP) is 4.85. The van der Waals surface area contributed by atoms with Crippen LogP contribution in [0.4, 0.5) is 11.6 Å². The Morgan fingerprint density at radius 3 is 2.72 bits per heavy atom. The summed E-state index contributed by atoms with van der Waals surface area (Å²) in [5.41, 5.74) is 4.82. The van der Waals surface area contributed by atoms with Crippen LogP contribution in [0, 0.1) is 6.92 Å². The largest absolute Gasteiger partial charge is 0.464 e. The summed E-state index contributed by atoms with van der Waals surface area (Å²) < 4.78 is 5.48. The zero-order valence-corrected chi connectivity index (χ0v) is 13.7. The Morgan fingerprint density at radius 2 is 1.92 bits per heavy atom. The van der Waals surface area contributed by atoms with Gasteiger partial charge in [-0.3, -0.25) is 4.98 Å². The SMILES string of the molecule is Cc1ccc(-c2ccco2)cc1Nc1nccc(-c2cccnc2)n1. The standard InChI is InChI=1S/C20H16N4O/c1-14-6-7-15(19-5-3-11-25-19)12-18(14)24-20-22-10-8-17(23-20)16-4-2-9-21-13-16/h2-13H,1H3,(H,22,23,24). The normalized spacial score (nSPS) is 10.6. The van der Waals surface area contributed by atoms with Crippen LogP contribution in [-0.4, -0.2) is 15.0 Å². The summed E-state index contributed by atoms with van der Waals surface area (Å²) in [5, 5.41) is 3.30. The number of furan rings is 1. The smallest absolute Gasteiger partial charge is 0.227 e. The van der Waals surface area contributed by atoms with E-state index in [4.69, 9.17) is 4.42 Å². The van der Waals surface area contributed by atoms with E-state index in [1.54, 1.807) is 24.9 Å². The highest BCUT2D eigenvalue weighted by molar-refractivity contribution is 5.69. The molecule has 1 N–H and O–H groups in total. The first-order valence-electron chi connectivity index (χ1n) is 7.94. The van der Waals surface area contributed by atoms with Crippen molar-refractivity contribution < 1.29 is 4.42 Å². The molecule has 0 aliphatic carbocycles. The highest BCUT2D eigenvalue weighted by Gasteiger charge is 2.07. The summed E-state index contributed by atoms with van der Waals surface area (Å²) in [7, 11) is 0. The Labute approximate surface area is 145 Å².